The van der Waals surface area contributed by atoms with Gasteiger partial charge in [0, 0.05) is 35.7 Å². The second kappa shape index (κ2) is 7.73. The van der Waals surface area contributed by atoms with Gasteiger partial charge in [0.1, 0.15) is 5.60 Å². The number of hydrogen-bond donors (Lipinski definition) is 1. The number of likely N-dealkylation sites (tertiary alicyclic amines) is 1. The Kier molecular flexibility index (Phi) is 6.18. The Labute approximate surface area is 148 Å². The smallest absolute Gasteiger partial charge is 0.410 e. The highest BCUT2D eigenvalue weighted by Gasteiger charge is 2.27. The van der Waals surface area contributed by atoms with E-state index in [-0.39, 0.29) is 12.1 Å². The van der Waals surface area contributed by atoms with Crippen LogP contribution < -0.4 is 5.32 Å². The van der Waals surface area contributed by atoms with Crippen molar-refractivity contribution in [2.75, 3.05) is 13.1 Å². The lowest BCUT2D eigenvalue weighted by Gasteiger charge is -2.34. The summed E-state index contributed by atoms with van der Waals surface area (Å²) in [4.78, 5) is 13.9. The quantitative estimate of drug-likeness (QED) is 0.865. The SMILES string of the molecule is CC(C)(C)OC(=O)N1CCCC(NCc2cc(Cl)cc(Cl)c2)C1. The summed E-state index contributed by atoms with van der Waals surface area (Å²) < 4.78 is 5.44. The van der Waals surface area contributed by atoms with Crippen LogP contribution in [0.15, 0.2) is 18.2 Å². The van der Waals surface area contributed by atoms with Crippen LogP contribution in [0.1, 0.15) is 39.2 Å². The molecule has 1 atom stereocenters. The minimum Gasteiger partial charge on any atom is -0.444 e. The van der Waals surface area contributed by atoms with Crippen molar-refractivity contribution in [2.45, 2.75) is 51.8 Å². The van der Waals surface area contributed by atoms with Gasteiger partial charge >= 0.3 is 6.09 Å². The van der Waals surface area contributed by atoms with Crippen LogP contribution in [-0.4, -0.2) is 35.7 Å². The van der Waals surface area contributed by atoms with Crippen LogP contribution in [0.3, 0.4) is 0 Å². The highest BCUT2D eigenvalue weighted by Crippen LogP contribution is 2.20. The molecule has 0 radical (unpaired) electrons. The monoisotopic (exact) mass is 358 g/mol. The molecule has 1 aliphatic heterocycles. The zero-order valence-corrected chi connectivity index (χ0v) is 15.4. The molecule has 1 aromatic carbocycles. The van der Waals surface area contributed by atoms with Crippen LogP contribution in [0, 0.1) is 0 Å². The first-order chi connectivity index (χ1) is 10.7. The number of piperidine rings is 1. The predicted octanol–water partition coefficient (Wildman–Crippen LogP) is 4.48. The summed E-state index contributed by atoms with van der Waals surface area (Å²) in [5, 5.41) is 4.74. The zero-order valence-electron chi connectivity index (χ0n) is 13.9. The molecule has 2 rings (SSSR count). The first-order valence-corrected chi connectivity index (χ1v) is 8.65. The van der Waals surface area contributed by atoms with Gasteiger partial charge in [-0.2, -0.15) is 0 Å². The van der Waals surface area contributed by atoms with E-state index in [1.807, 2.05) is 32.9 Å². The molecule has 0 spiro atoms. The summed E-state index contributed by atoms with van der Waals surface area (Å²) >= 11 is 12.0. The van der Waals surface area contributed by atoms with Gasteiger partial charge in [-0.05, 0) is 57.4 Å². The average molecular weight is 359 g/mol. The molecular weight excluding hydrogens is 335 g/mol. The molecular formula is C17H24Cl2N2O2. The summed E-state index contributed by atoms with van der Waals surface area (Å²) in [5.41, 5.74) is 0.575. The largest absolute Gasteiger partial charge is 0.444 e. The van der Waals surface area contributed by atoms with Crippen molar-refractivity contribution < 1.29 is 9.53 Å². The van der Waals surface area contributed by atoms with Crippen molar-refractivity contribution in [3.8, 4) is 0 Å². The van der Waals surface area contributed by atoms with Gasteiger partial charge in [0.15, 0.2) is 0 Å². The molecule has 23 heavy (non-hydrogen) atoms. The van der Waals surface area contributed by atoms with Crippen LogP contribution in [0.2, 0.25) is 10.0 Å². The number of carbonyl (C=O) groups excluding carboxylic acids is 1. The van der Waals surface area contributed by atoms with Crippen molar-refractivity contribution in [3.63, 3.8) is 0 Å². The number of nitrogens with zero attached hydrogens (tertiary/aromatic N) is 1. The average Bonchev–Trinajstić information content (AvgIpc) is 2.43. The van der Waals surface area contributed by atoms with Crippen molar-refractivity contribution in [2.24, 2.45) is 0 Å². The molecule has 0 aromatic heterocycles. The number of rotatable bonds is 3. The van der Waals surface area contributed by atoms with Crippen molar-refractivity contribution in [1.29, 1.82) is 0 Å². The standard InChI is InChI=1S/C17H24Cl2N2O2/c1-17(2,3)23-16(22)21-6-4-5-15(11-21)20-10-12-7-13(18)9-14(19)8-12/h7-9,15,20H,4-6,10-11H2,1-3H3. The number of carbonyl (C=O) groups is 1. The normalized spacial score (nSPS) is 18.8. The Morgan fingerprint density at radius 2 is 1.96 bits per heavy atom. The summed E-state index contributed by atoms with van der Waals surface area (Å²) in [5.74, 6) is 0. The van der Waals surface area contributed by atoms with E-state index >= 15 is 0 Å². The molecule has 1 amide bonds. The Bertz CT molecular complexity index is 538. The van der Waals surface area contributed by atoms with Gasteiger partial charge in [-0.25, -0.2) is 4.79 Å². The lowest BCUT2D eigenvalue weighted by Crippen LogP contribution is -2.49. The fourth-order valence-corrected chi connectivity index (χ4v) is 3.18. The number of nitrogens with one attached hydrogen (secondary N) is 1. The maximum Gasteiger partial charge on any atom is 0.410 e. The molecule has 1 N–H and O–H groups in total. The molecule has 1 fully saturated rings. The third-order valence-corrected chi connectivity index (χ3v) is 4.03. The molecule has 4 nitrogen and oxygen atoms in total. The molecule has 1 saturated heterocycles. The van der Waals surface area contributed by atoms with Crippen LogP contribution >= 0.6 is 23.2 Å². The Balaban J connectivity index is 1.87. The second-order valence-electron chi connectivity index (χ2n) is 6.92. The fraction of sp³-hybridized carbons (Fsp3) is 0.588. The first-order valence-electron chi connectivity index (χ1n) is 7.89. The number of benzene rings is 1. The molecule has 0 bridgehead atoms. The van der Waals surface area contributed by atoms with Gasteiger partial charge in [-0.15, -0.1) is 0 Å². The molecule has 1 aromatic rings. The summed E-state index contributed by atoms with van der Waals surface area (Å²) in [7, 11) is 0. The van der Waals surface area contributed by atoms with Crippen molar-refractivity contribution >= 4 is 29.3 Å². The van der Waals surface area contributed by atoms with Crippen LogP contribution in [0.25, 0.3) is 0 Å². The van der Waals surface area contributed by atoms with E-state index in [9.17, 15) is 4.79 Å². The molecule has 0 saturated carbocycles. The third kappa shape index (κ3) is 6.21. The number of ether oxygens (including phenoxy) is 1. The van der Waals surface area contributed by atoms with E-state index in [1.165, 1.54) is 0 Å². The minimum absolute atomic E-state index is 0.241. The molecule has 1 heterocycles. The van der Waals surface area contributed by atoms with Gasteiger partial charge in [0.2, 0.25) is 0 Å². The highest BCUT2D eigenvalue weighted by atomic mass is 35.5. The summed E-state index contributed by atoms with van der Waals surface area (Å²) in [6.07, 6.45) is 1.76. The van der Waals surface area contributed by atoms with Gasteiger partial charge in [0.05, 0.1) is 0 Å². The van der Waals surface area contributed by atoms with E-state index in [0.29, 0.717) is 23.1 Å². The van der Waals surface area contributed by atoms with Crippen molar-refractivity contribution in [3.05, 3.63) is 33.8 Å². The highest BCUT2D eigenvalue weighted by molar-refractivity contribution is 6.34. The van der Waals surface area contributed by atoms with Gasteiger partial charge in [-0.3, -0.25) is 0 Å². The maximum atomic E-state index is 12.2. The molecule has 0 aliphatic carbocycles. The topological polar surface area (TPSA) is 41.6 Å². The van der Waals surface area contributed by atoms with Gasteiger partial charge in [0.25, 0.3) is 0 Å². The fourth-order valence-electron chi connectivity index (χ4n) is 2.61. The Morgan fingerprint density at radius 1 is 1.30 bits per heavy atom. The lowest BCUT2D eigenvalue weighted by molar-refractivity contribution is 0.0187. The van der Waals surface area contributed by atoms with Crippen LogP contribution in [0.4, 0.5) is 4.79 Å². The maximum absolute atomic E-state index is 12.2. The summed E-state index contributed by atoms with van der Waals surface area (Å²) in [6, 6.07) is 5.76. The number of amides is 1. The molecule has 1 aliphatic rings. The lowest BCUT2D eigenvalue weighted by atomic mass is 10.1. The van der Waals surface area contributed by atoms with E-state index < -0.39 is 5.60 Å². The Hall–Kier alpha value is -0.970. The summed E-state index contributed by atoms with van der Waals surface area (Å²) in [6.45, 7) is 7.72. The van der Waals surface area contributed by atoms with Crippen molar-refractivity contribution in [1.82, 2.24) is 10.2 Å². The number of halogens is 2. The van der Waals surface area contributed by atoms with Crippen LogP contribution in [-0.2, 0) is 11.3 Å². The minimum atomic E-state index is -0.463. The first kappa shape index (κ1) is 18.4. The van der Waals surface area contributed by atoms with Crippen LogP contribution in [0.5, 0.6) is 0 Å². The van der Waals surface area contributed by atoms with Gasteiger partial charge in [-0.1, -0.05) is 23.2 Å². The van der Waals surface area contributed by atoms with E-state index in [4.69, 9.17) is 27.9 Å². The third-order valence-electron chi connectivity index (χ3n) is 3.59. The molecule has 128 valence electrons. The molecule has 1 unspecified atom stereocenters. The Morgan fingerprint density at radius 3 is 2.57 bits per heavy atom. The second-order valence-corrected chi connectivity index (χ2v) is 7.80. The number of hydrogen-bond acceptors (Lipinski definition) is 3. The van der Waals surface area contributed by atoms with E-state index in [1.54, 1.807) is 11.0 Å². The predicted molar refractivity (Wildman–Crippen MR) is 94.1 cm³/mol. The van der Waals surface area contributed by atoms with Gasteiger partial charge < -0.3 is 15.0 Å². The van der Waals surface area contributed by atoms with E-state index in [0.717, 1.165) is 24.9 Å². The zero-order chi connectivity index (χ0) is 17.0. The molecule has 6 heteroatoms. The van der Waals surface area contributed by atoms with E-state index in [2.05, 4.69) is 5.32 Å².